The van der Waals surface area contributed by atoms with Gasteiger partial charge >= 0.3 is 6.09 Å². The van der Waals surface area contributed by atoms with Gasteiger partial charge in [0.1, 0.15) is 0 Å². The lowest BCUT2D eigenvalue weighted by molar-refractivity contribution is 0.0201. The van der Waals surface area contributed by atoms with Crippen molar-refractivity contribution in [3.63, 3.8) is 0 Å². The van der Waals surface area contributed by atoms with Crippen LogP contribution in [0.3, 0.4) is 0 Å². The Balaban J connectivity index is 3.25. The Bertz CT molecular complexity index is 651. The summed E-state index contributed by atoms with van der Waals surface area (Å²) in [6, 6.07) is -1.54. The van der Waals surface area contributed by atoms with Gasteiger partial charge in [0, 0.05) is 19.1 Å². The summed E-state index contributed by atoms with van der Waals surface area (Å²) in [6.45, 7) is 4.84. The van der Waals surface area contributed by atoms with Crippen LogP contribution >= 0.6 is 0 Å². The van der Waals surface area contributed by atoms with Crippen LogP contribution in [0.1, 0.15) is 20.8 Å². The number of rotatable bonds is 4. The highest BCUT2D eigenvalue weighted by Crippen LogP contribution is 2.32. The Morgan fingerprint density at radius 2 is 1.70 bits per heavy atom. The predicted molar refractivity (Wildman–Crippen MR) is 84.1 cm³/mol. The maximum atomic E-state index is 12.2. The molecule has 0 aromatic heterocycles. The Labute approximate surface area is 137 Å². The van der Waals surface area contributed by atoms with Crippen molar-refractivity contribution in [2.75, 3.05) is 32.2 Å². The van der Waals surface area contributed by atoms with Gasteiger partial charge in [0.15, 0.2) is 0 Å². The van der Waals surface area contributed by atoms with Crippen molar-refractivity contribution in [3.8, 4) is 0 Å². The summed E-state index contributed by atoms with van der Waals surface area (Å²) in [6.07, 6.45) is 0.698. The van der Waals surface area contributed by atoms with Gasteiger partial charge in [0.25, 0.3) is 10.1 Å². The number of hydrogen-bond acceptors (Lipinski definition) is 6. The highest BCUT2D eigenvalue weighted by molar-refractivity contribution is 7.88. The monoisotopic (exact) mass is 372 g/mol. The first kappa shape index (κ1) is 20.1. The molecule has 0 spiro atoms. The molecule has 1 rings (SSSR count). The zero-order chi connectivity index (χ0) is 18.2. The Morgan fingerprint density at radius 3 is 2.04 bits per heavy atom. The minimum absolute atomic E-state index is 0.0152. The standard InChI is InChI=1S/C12H24N2O7S2/c1-12(2,3)10-7-13(11(15)16)6-9(8-21-23(5,19)20)14(10)22(4,17)18/h9-10H,6-8H2,1-5H3,(H,15,16). The van der Waals surface area contributed by atoms with Gasteiger partial charge in [-0.3, -0.25) is 4.18 Å². The lowest BCUT2D eigenvalue weighted by atomic mass is 9.84. The average molecular weight is 372 g/mol. The quantitative estimate of drug-likeness (QED) is 0.689. The molecule has 0 aromatic carbocycles. The summed E-state index contributed by atoms with van der Waals surface area (Å²) >= 11 is 0. The predicted octanol–water partition coefficient (Wildman–Crippen LogP) is 0.00110. The van der Waals surface area contributed by atoms with Crippen LogP contribution < -0.4 is 0 Å². The fourth-order valence-corrected chi connectivity index (χ4v) is 4.51. The van der Waals surface area contributed by atoms with E-state index in [0.717, 1.165) is 17.4 Å². The van der Waals surface area contributed by atoms with Gasteiger partial charge < -0.3 is 10.0 Å². The third-order valence-electron chi connectivity index (χ3n) is 3.62. The number of carboxylic acid groups (broad SMARTS) is 1. The molecule has 2 atom stereocenters. The van der Waals surface area contributed by atoms with E-state index in [4.69, 9.17) is 4.18 Å². The van der Waals surface area contributed by atoms with Gasteiger partial charge in [0.05, 0.1) is 25.2 Å². The third kappa shape index (κ3) is 5.59. The van der Waals surface area contributed by atoms with E-state index in [9.17, 15) is 26.7 Å². The number of piperazine rings is 1. The maximum Gasteiger partial charge on any atom is 0.407 e. The SMILES string of the molecule is CC(C)(C)C1CN(C(=O)O)CC(COS(C)(=O)=O)N1S(C)(=O)=O. The number of amides is 1. The lowest BCUT2D eigenvalue weighted by Crippen LogP contribution is -2.65. The second-order valence-corrected chi connectivity index (χ2v) is 10.3. The van der Waals surface area contributed by atoms with E-state index in [1.54, 1.807) is 20.8 Å². The van der Waals surface area contributed by atoms with Crippen LogP contribution in [-0.4, -0.2) is 81.5 Å². The summed E-state index contributed by atoms with van der Waals surface area (Å²) < 4.78 is 52.7. The van der Waals surface area contributed by atoms with Gasteiger partial charge in [-0.05, 0) is 5.41 Å². The van der Waals surface area contributed by atoms with Gasteiger partial charge in [-0.1, -0.05) is 20.8 Å². The van der Waals surface area contributed by atoms with Crippen LogP contribution in [0, 0.1) is 5.41 Å². The Morgan fingerprint density at radius 1 is 1.17 bits per heavy atom. The third-order valence-corrected chi connectivity index (χ3v) is 5.50. The van der Waals surface area contributed by atoms with Gasteiger partial charge in [-0.15, -0.1) is 0 Å². The van der Waals surface area contributed by atoms with Crippen molar-refractivity contribution >= 4 is 26.2 Å². The first-order valence-electron chi connectivity index (χ1n) is 6.93. The highest BCUT2D eigenvalue weighted by atomic mass is 32.2. The van der Waals surface area contributed by atoms with E-state index < -0.39 is 50.3 Å². The molecule has 0 aromatic rings. The van der Waals surface area contributed by atoms with Gasteiger partial charge in [-0.25, -0.2) is 13.2 Å². The van der Waals surface area contributed by atoms with E-state index in [-0.39, 0.29) is 13.1 Å². The molecule has 0 aliphatic carbocycles. The molecule has 1 aliphatic rings. The second kappa shape index (κ2) is 6.54. The summed E-state index contributed by atoms with van der Waals surface area (Å²) in [7, 11) is -7.46. The fourth-order valence-electron chi connectivity index (χ4n) is 2.60. The summed E-state index contributed by atoms with van der Waals surface area (Å²) in [5, 5.41) is 9.26. The number of nitrogens with zero attached hydrogens (tertiary/aromatic N) is 2. The first-order valence-corrected chi connectivity index (χ1v) is 10.6. The normalized spacial score (nSPS) is 24.7. The average Bonchev–Trinajstić information content (AvgIpc) is 2.31. The zero-order valence-electron chi connectivity index (χ0n) is 13.9. The summed E-state index contributed by atoms with van der Waals surface area (Å²) in [5.41, 5.74) is -0.541. The van der Waals surface area contributed by atoms with Gasteiger partial charge in [0.2, 0.25) is 10.0 Å². The van der Waals surface area contributed by atoms with E-state index in [1.165, 1.54) is 4.31 Å². The molecule has 1 saturated heterocycles. The number of carbonyl (C=O) groups is 1. The van der Waals surface area contributed by atoms with Crippen molar-refractivity contribution in [2.45, 2.75) is 32.9 Å². The fraction of sp³-hybridized carbons (Fsp3) is 0.917. The molecular formula is C12H24N2O7S2. The zero-order valence-corrected chi connectivity index (χ0v) is 15.5. The second-order valence-electron chi connectivity index (χ2n) is 6.80. The Hall–Kier alpha value is -0.910. The molecule has 0 saturated carbocycles. The number of sulfonamides is 1. The molecule has 136 valence electrons. The molecule has 1 heterocycles. The molecule has 1 N–H and O–H groups in total. The smallest absolute Gasteiger partial charge is 0.407 e. The van der Waals surface area contributed by atoms with Crippen LogP contribution in [0.5, 0.6) is 0 Å². The molecule has 9 nitrogen and oxygen atoms in total. The minimum Gasteiger partial charge on any atom is -0.465 e. The van der Waals surface area contributed by atoms with Crippen molar-refractivity contribution in [3.05, 3.63) is 0 Å². The van der Waals surface area contributed by atoms with E-state index >= 15 is 0 Å². The van der Waals surface area contributed by atoms with E-state index in [0.29, 0.717) is 0 Å². The molecule has 0 radical (unpaired) electrons. The lowest BCUT2D eigenvalue weighted by Gasteiger charge is -2.48. The van der Waals surface area contributed by atoms with Crippen LogP contribution in [0.4, 0.5) is 4.79 Å². The number of hydrogen-bond donors (Lipinski definition) is 1. The summed E-state index contributed by atoms with van der Waals surface area (Å²) in [5.74, 6) is 0. The van der Waals surface area contributed by atoms with Gasteiger partial charge in [-0.2, -0.15) is 12.7 Å². The van der Waals surface area contributed by atoms with Crippen LogP contribution in [0.15, 0.2) is 0 Å². The van der Waals surface area contributed by atoms with E-state index in [1.807, 2.05) is 0 Å². The van der Waals surface area contributed by atoms with E-state index in [2.05, 4.69) is 0 Å². The van der Waals surface area contributed by atoms with Crippen molar-refractivity contribution < 1.29 is 30.9 Å². The topological polar surface area (TPSA) is 121 Å². The first-order chi connectivity index (χ1) is 10.1. The largest absolute Gasteiger partial charge is 0.465 e. The van der Waals surface area contributed by atoms with Crippen LogP contribution in [-0.2, 0) is 24.3 Å². The van der Waals surface area contributed by atoms with Crippen LogP contribution in [0.2, 0.25) is 0 Å². The molecule has 11 heteroatoms. The molecule has 0 bridgehead atoms. The van der Waals surface area contributed by atoms with Crippen LogP contribution in [0.25, 0.3) is 0 Å². The maximum absolute atomic E-state index is 12.2. The van der Waals surface area contributed by atoms with Crippen molar-refractivity contribution in [2.24, 2.45) is 5.41 Å². The summed E-state index contributed by atoms with van der Waals surface area (Å²) in [4.78, 5) is 12.4. The Kier molecular flexibility index (Phi) is 5.72. The molecule has 1 amide bonds. The molecule has 1 aliphatic heterocycles. The minimum atomic E-state index is -3.77. The van der Waals surface area contributed by atoms with Crippen molar-refractivity contribution in [1.82, 2.24) is 9.21 Å². The highest BCUT2D eigenvalue weighted by Gasteiger charge is 2.46. The molecule has 23 heavy (non-hydrogen) atoms. The molecule has 1 fully saturated rings. The van der Waals surface area contributed by atoms with Crippen molar-refractivity contribution in [1.29, 1.82) is 0 Å². The molecule has 2 unspecified atom stereocenters. The molecular weight excluding hydrogens is 348 g/mol.